The number of ether oxygens (including phenoxy) is 2. The van der Waals surface area contributed by atoms with Crippen LogP contribution in [0.4, 0.5) is 0 Å². The second-order valence-corrected chi connectivity index (χ2v) is 8.97. The Balaban J connectivity index is 1.66. The zero-order chi connectivity index (χ0) is 23.8. The number of carboxylic acids is 1. The number of carbonyl (C=O) groups is 1. The van der Waals surface area contributed by atoms with E-state index in [2.05, 4.69) is 4.72 Å². The van der Waals surface area contributed by atoms with E-state index < -0.39 is 28.1 Å². The summed E-state index contributed by atoms with van der Waals surface area (Å²) in [5, 5.41) is 19.7. The monoisotopic (exact) mass is 471 g/mol. The van der Waals surface area contributed by atoms with Crippen LogP contribution in [0.25, 0.3) is 11.1 Å². The Labute approximate surface area is 192 Å². The Morgan fingerprint density at radius 1 is 0.939 bits per heavy atom. The number of aliphatic hydroxyl groups excluding tert-OH is 1. The third kappa shape index (κ3) is 6.62. The molecule has 0 amide bonds. The second-order valence-electron chi connectivity index (χ2n) is 7.26. The Kier molecular flexibility index (Phi) is 8.18. The van der Waals surface area contributed by atoms with E-state index in [0.717, 1.165) is 16.7 Å². The molecule has 0 heterocycles. The number of aliphatic carboxylic acids is 1. The van der Waals surface area contributed by atoms with E-state index in [-0.39, 0.29) is 18.1 Å². The van der Waals surface area contributed by atoms with Gasteiger partial charge in [0.1, 0.15) is 17.9 Å². The highest BCUT2D eigenvalue weighted by Gasteiger charge is 2.32. The molecule has 0 fully saturated rings. The van der Waals surface area contributed by atoms with Crippen LogP contribution in [0.5, 0.6) is 5.75 Å². The van der Waals surface area contributed by atoms with Gasteiger partial charge in [-0.2, -0.15) is 4.72 Å². The normalized spacial score (nSPS) is 13.3. The van der Waals surface area contributed by atoms with E-state index >= 15 is 0 Å². The van der Waals surface area contributed by atoms with Crippen LogP contribution in [-0.2, 0) is 26.2 Å². The molecule has 0 bridgehead atoms. The van der Waals surface area contributed by atoms with Crippen LogP contribution in [0.2, 0.25) is 0 Å². The van der Waals surface area contributed by atoms with Gasteiger partial charge in [0.2, 0.25) is 10.0 Å². The van der Waals surface area contributed by atoms with Crippen molar-refractivity contribution in [2.75, 3.05) is 13.7 Å². The Morgan fingerprint density at radius 3 is 2.06 bits per heavy atom. The van der Waals surface area contributed by atoms with Crippen molar-refractivity contribution in [1.82, 2.24) is 4.72 Å². The van der Waals surface area contributed by atoms with Gasteiger partial charge in [-0.15, -0.1) is 0 Å². The van der Waals surface area contributed by atoms with Crippen molar-refractivity contribution in [3.05, 3.63) is 84.4 Å². The smallest absolute Gasteiger partial charge is 0.324 e. The van der Waals surface area contributed by atoms with Crippen LogP contribution in [0.1, 0.15) is 5.56 Å². The number of hydrogen-bond acceptors (Lipinski definition) is 6. The van der Waals surface area contributed by atoms with E-state index in [1.165, 1.54) is 12.1 Å². The highest BCUT2D eigenvalue weighted by molar-refractivity contribution is 7.89. The maximum Gasteiger partial charge on any atom is 0.324 e. The van der Waals surface area contributed by atoms with Gasteiger partial charge in [-0.3, -0.25) is 4.79 Å². The largest absolute Gasteiger partial charge is 0.497 e. The Bertz CT molecular complexity index is 1150. The van der Waals surface area contributed by atoms with Gasteiger partial charge in [0.25, 0.3) is 0 Å². The van der Waals surface area contributed by atoms with Crippen LogP contribution in [0, 0.1) is 0 Å². The first-order chi connectivity index (χ1) is 15.8. The summed E-state index contributed by atoms with van der Waals surface area (Å²) in [4.78, 5) is 11.5. The van der Waals surface area contributed by atoms with Crippen LogP contribution in [0.15, 0.2) is 83.8 Å². The molecule has 0 aliphatic carbocycles. The molecule has 9 heteroatoms. The standard InChI is InChI=1S/C24H25NO7S/c1-31-20-11-7-18(8-12-20)19-9-13-21(14-10-19)33(29,30)25-23(24(27)28)22(26)16-32-15-17-5-3-2-4-6-17/h2-14,22-23,25-26H,15-16H2,1H3,(H,27,28)/t22-,23-/m1/s1. The molecular weight excluding hydrogens is 446 g/mol. The predicted octanol–water partition coefficient (Wildman–Crippen LogP) is 2.67. The zero-order valence-electron chi connectivity index (χ0n) is 17.9. The third-order valence-corrected chi connectivity index (χ3v) is 6.38. The summed E-state index contributed by atoms with van der Waals surface area (Å²) < 4.78 is 38.0. The summed E-state index contributed by atoms with van der Waals surface area (Å²) in [5.41, 5.74) is 2.48. The molecule has 0 saturated heterocycles. The molecule has 2 atom stereocenters. The highest BCUT2D eigenvalue weighted by atomic mass is 32.2. The summed E-state index contributed by atoms with van der Waals surface area (Å²) in [6, 6.07) is 20.6. The minimum atomic E-state index is -4.20. The van der Waals surface area contributed by atoms with Gasteiger partial charge in [-0.1, -0.05) is 54.6 Å². The van der Waals surface area contributed by atoms with Crippen molar-refractivity contribution >= 4 is 16.0 Å². The molecule has 3 rings (SSSR count). The Hall–Kier alpha value is -3.24. The van der Waals surface area contributed by atoms with Gasteiger partial charge >= 0.3 is 5.97 Å². The molecule has 8 nitrogen and oxygen atoms in total. The number of rotatable bonds is 11. The summed E-state index contributed by atoms with van der Waals surface area (Å²) >= 11 is 0. The van der Waals surface area contributed by atoms with E-state index in [0.29, 0.717) is 5.75 Å². The molecule has 174 valence electrons. The predicted molar refractivity (Wildman–Crippen MR) is 122 cm³/mol. The number of methoxy groups -OCH3 is 1. The maximum atomic E-state index is 12.7. The van der Waals surface area contributed by atoms with Gasteiger partial charge in [0.15, 0.2) is 0 Å². The lowest BCUT2D eigenvalue weighted by Crippen LogP contribution is -2.50. The van der Waals surface area contributed by atoms with E-state index in [1.807, 2.05) is 42.5 Å². The highest BCUT2D eigenvalue weighted by Crippen LogP contribution is 2.24. The van der Waals surface area contributed by atoms with E-state index in [4.69, 9.17) is 9.47 Å². The fraction of sp³-hybridized carbons (Fsp3) is 0.208. The summed E-state index contributed by atoms with van der Waals surface area (Å²) in [6.07, 6.45) is -1.58. The lowest BCUT2D eigenvalue weighted by molar-refractivity contribution is -0.143. The summed E-state index contributed by atoms with van der Waals surface area (Å²) in [5.74, 6) is -0.808. The first-order valence-electron chi connectivity index (χ1n) is 10.1. The summed E-state index contributed by atoms with van der Waals surface area (Å²) in [6.45, 7) is -0.200. The minimum Gasteiger partial charge on any atom is -0.497 e. The number of nitrogens with one attached hydrogen (secondary N) is 1. The van der Waals surface area contributed by atoms with E-state index in [1.54, 1.807) is 31.4 Å². The van der Waals surface area contributed by atoms with Crippen LogP contribution < -0.4 is 9.46 Å². The first kappa shape index (κ1) is 24.4. The fourth-order valence-electron chi connectivity index (χ4n) is 3.11. The molecule has 0 aliphatic heterocycles. The molecule has 3 N–H and O–H groups in total. The van der Waals surface area contributed by atoms with Crippen molar-refractivity contribution in [1.29, 1.82) is 0 Å². The number of aliphatic hydroxyl groups is 1. The van der Waals surface area contributed by atoms with Gasteiger partial charge < -0.3 is 19.7 Å². The van der Waals surface area contributed by atoms with Crippen molar-refractivity contribution in [2.45, 2.75) is 23.6 Å². The van der Waals surface area contributed by atoms with Crippen LogP contribution in [-0.4, -0.2) is 50.5 Å². The molecule has 0 radical (unpaired) electrons. The van der Waals surface area contributed by atoms with E-state index in [9.17, 15) is 23.4 Å². The molecule has 0 unspecified atom stereocenters. The van der Waals surface area contributed by atoms with Crippen molar-refractivity contribution < 1.29 is 32.9 Å². The number of benzene rings is 3. The average Bonchev–Trinajstić information content (AvgIpc) is 2.83. The lowest BCUT2D eigenvalue weighted by Gasteiger charge is -2.20. The molecule has 0 aromatic heterocycles. The molecule has 3 aromatic carbocycles. The van der Waals surface area contributed by atoms with Gasteiger partial charge in [0.05, 0.1) is 25.2 Å². The van der Waals surface area contributed by atoms with Gasteiger partial charge in [-0.25, -0.2) is 8.42 Å². The first-order valence-corrected chi connectivity index (χ1v) is 11.6. The average molecular weight is 472 g/mol. The molecule has 0 spiro atoms. The zero-order valence-corrected chi connectivity index (χ0v) is 18.7. The SMILES string of the molecule is COc1ccc(-c2ccc(S(=O)(=O)N[C@@H](C(=O)O)[C@H](O)COCc3ccccc3)cc2)cc1. The molecule has 0 aliphatic rings. The Morgan fingerprint density at radius 2 is 1.52 bits per heavy atom. The topological polar surface area (TPSA) is 122 Å². The lowest BCUT2D eigenvalue weighted by atomic mass is 10.1. The fourth-order valence-corrected chi connectivity index (χ4v) is 4.33. The van der Waals surface area contributed by atoms with Crippen LogP contribution in [0.3, 0.4) is 0 Å². The number of hydrogen-bond donors (Lipinski definition) is 3. The van der Waals surface area contributed by atoms with Crippen LogP contribution >= 0.6 is 0 Å². The second kappa shape index (κ2) is 11.1. The maximum absolute atomic E-state index is 12.7. The number of sulfonamides is 1. The third-order valence-electron chi connectivity index (χ3n) is 4.92. The van der Waals surface area contributed by atoms with Crippen molar-refractivity contribution in [2.24, 2.45) is 0 Å². The number of carboxylic acid groups (broad SMARTS) is 1. The van der Waals surface area contributed by atoms with Gasteiger partial charge in [-0.05, 0) is 41.0 Å². The molecule has 33 heavy (non-hydrogen) atoms. The quantitative estimate of drug-likeness (QED) is 0.393. The van der Waals surface area contributed by atoms with Crippen molar-refractivity contribution in [3.63, 3.8) is 0 Å². The molecule has 0 saturated carbocycles. The molecular formula is C24H25NO7S. The van der Waals surface area contributed by atoms with Crippen molar-refractivity contribution in [3.8, 4) is 16.9 Å². The summed E-state index contributed by atoms with van der Waals surface area (Å²) in [7, 11) is -2.63. The molecule has 3 aromatic rings. The van der Waals surface area contributed by atoms with Gasteiger partial charge in [0, 0.05) is 0 Å². The minimum absolute atomic E-state index is 0.122.